The molecule has 0 aliphatic heterocycles. The summed E-state index contributed by atoms with van der Waals surface area (Å²) in [7, 11) is 3.22. The number of nitrogens with zero attached hydrogens (tertiary/aromatic N) is 4. The minimum absolute atomic E-state index is 0.393. The molecular weight excluding hydrogens is 500 g/mol. The van der Waals surface area contributed by atoms with E-state index in [-0.39, 0.29) is 0 Å². The van der Waals surface area contributed by atoms with Gasteiger partial charge in [-0.25, -0.2) is 9.50 Å². The van der Waals surface area contributed by atoms with E-state index in [1.807, 2.05) is 36.5 Å². The van der Waals surface area contributed by atoms with E-state index in [0.717, 1.165) is 32.7 Å². The molecule has 38 heavy (non-hydrogen) atoms. The topological polar surface area (TPSA) is 75.4 Å². The molecule has 0 saturated heterocycles. The maximum absolute atomic E-state index is 6.33. The summed E-state index contributed by atoms with van der Waals surface area (Å²) in [5.74, 6) is 1.95. The molecule has 7 rings (SSSR count). The molecule has 0 radical (unpaired) electrons. The van der Waals surface area contributed by atoms with E-state index in [2.05, 4.69) is 63.1 Å². The first-order valence-electron chi connectivity index (χ1n) is 12.0. The summed E-state index contributed by atoms with van der Waals surface area (Å²) in [5, 5.41) is 5.74. The summed E-state index contributed by atoms with van der Waals surface area (Å²) >= 11 is 1.37. The minimum atomic E-state index is 0.393. The Kier molecular flexibility index (Phi) is 5.29. The van der Waals surface area contributed by atoms with Crippen molar-refractivity contribution in [3.63, 3.8) is 0 Å². The fourth-order valence-electron chi connectivity index (χ4n) is 4.60. The van der Waals surface area contributed by atoms with Crippen LogP contribution in [0, 0.1) is 0 Å². The third kappa shape index (κ3) is 3.84. The molecule has 9 heteroatoms. The molecule has 0 unspecified atom stereocenters. The molecule has 0 fully saturated rings. The largest absolute Gasteiger partial charge is 0.496 e. The molecule has 0 N–H and O–H groups in total. The fourth-order valence-corrected chi connectivity index (χ4v) is 5.30. The number of aromatic nitrogens is 4. The SMILES string of the molecule is COc1cc(OCc2cccc(-c3ccc4ccccn34)c2)c2cc(-c3cn4nc(OC)sc4n3)oc2c1. The summed E-state index contributed by atoms with van der Waals surface area (Å²) < 4.78 is 27.1. The number of benzene rings is 2. The zero-order valence-corrected chi connectivity index (χ0v) is 21.4. The Morgan fingerprint density at radius 1 is 0.947 bits per heavy atom. The van der Waals surface area contributed by atoms with Crippen molar-refractivity contribution in [2.45, 2.75) is 6.61 Å². The maximum Gasteiger partial charge on any atom is 0.294 e. The van der Waals surface area contributed by atoms with Gasteiger partial charge in [0.25, 0.3) is 5.19 Å². The van der Waals surface area contributed by atoms with Crippen molar-refractivity contribution in [3.8, 4) is 39.4 Å². The molecule has 188 valence electrons. The highest BCUT2D eigenvalue weighted by Crippen LogP contribution is 2.37. The first kappa shape index (κ1) is 22.4. The van der Waals surface area contributed by atoms with Gasteiger partial charge >= 0.3 is 0 Å². The number of furan rings is 1. The summed E-state index contributed by atoms with van der Waals surface area (Å²) in [6.45, 7) is 0.393. The summed E-state index contributed by atoms with van der Waals surface area (Å²) in [6, 6.07) is 24.5. The van der Waals surface area contributed by atoms with Crippen LogP contribution in [-0.4, -0.2) is 33.2 Å². The summed E-state index contributed by atoms with van der Waals surface area (Å²) in [6.07, 6.45) is 3.90. The van der Waals surface area contributed by atoms with Crippen LogP contribution in [0.1, 0.15) is 5.56 Å². The molecule has 0 spiro atoms. The van der Waals surface area contributed by atoms with Crippen LogP contribution in [-0.2, 0) is 6.61 Å². The van der Waals surface area contributed by atoms with Crippen LogP contribution in [0.15, 0.2) is 89.6 Å². The van der Waals surface area contributed by atoms with Crippen LogP contribution in [0.2, 0.25) is 0 Å². The molecule has 0 amide bonds. The molecule has 0 bridgehead atoms. The molecule has 0 aliphatic carbocycles. The first-order valence-corrected chi connectivity index (χ1v) is 12.8. The standard InChI is InChI=1S/C29H22N4O4S/c1-34-21-13-25(22-15-27(37-26(22)14-21)23-16-33-28(30-23)38-29(31-33)35-2)36-17-18-6-5-7-19(12-18)24-10-9-20-8-3-4-11-32(20)24/h3-16H,17H2,1-2H3. The summed E-state index contributed by atoms with van der Waals surface area (Å²) in [5.41, 5.74) is 5.82. The minimum Gasteiger partial charge on any atom is -0.496 e. The third-order valence-electron chi connectivity index (χ3n) is 6.44. The van der Waals surface area contributed by atoms with E-state index < -0.39 is 0 Å². The molecule has 2 aromatic carbocycles. The highest BCUT2D eigenvalue weighted by Gasteiger charge is 2.17. The molecule has 0 aliphatic rings. The normalized spacial score (nSPS) is 11.5. The van der Waals surface area contributed by atoms with Crippen LogP contribution >= 0.6 is 11.3 Å². The lowest BCUT2D eigenvalue weighted by Gasteiger charge is -2.10. The van der Waals surface area contributed by atoms with Gasteiger partial charge in [0.1, 0.15) is 29.4 Å². The Labute approximate surface area is 221 Å². The quantitative estimate of drug-likeness (QED) is 0.231. The van der Waals surface area contributed by atoms with Gasteiger partial charge in [-0.1, -0.05) is 24.3 Å². The lowest BCUT2D eigenvalue weighted by molar-refractivity contribution is 0.307. The zero-order valence-electron chi connectivity index (χ0n) is 20.6. The monoisotopic (exact) mass is 522 g/mol. The molecule has 7 aromatic rings. The second-order valence-corrected chi connectivity index (χ2v) is 9.70. The highest BCUT2D eigenvalue weighted by atomic mass is 32.1. The predicted octanol–water partition coefficient (Wildman–Crippen LogP) is 6.72. The molecule has 8 nitrogen and oxygen atoms in total. The lowest BCUT2D eigenvalue weighted by atomic mass is 10.1. The van der Waals surface area contributed by atoms with Crippen LogP contribution in [0.25, 0.3) is 44.2 Å². The van der Waals surface area contributed by atoms with Gasteiger partial charge in [-0.3, -0.25) is 0 Å². The number of methoxy groups -OCH3 is 2. The number of hydrogen-bond donors (Lipinski definition) is 0. The van der Waals surface area contributed by atoms with E-state index in [9.17, 15) is 0 Å². The van der Waals surface area contributed by atoms with E-state index in [0.29, 0.717) is 40.3 Å². The average Bonchev–Trinajstić information content (AvgIpc) is 3.73. The van der Waals surface area contributed by atoms with Crippen molar-refractivity contribution in [2.24, 2.45) is 0 Å². The number of imidazole rings is 1. The zero-order chi connectivity index (χ0) is 25.6. The van der Waals surface area contributed by atoms with E-state index in [4.69, 9.17) is 18.6 Å². The van der Waals surface area contributed by atoms with E-state index in [1.54, 1.807) is 18.7 Å². The van der Waals surface area contributed by atoms with Gasteiger partial charge in [0.2, 0.25) is 4.96 Å². The smallest absolute Gasteiger partial charge is 0.294 e. The number of hydrogen-bond acceptors (Lipinski definition) is 7. The van der Waals surface area contributed by atoms with Gasteiger partial charge < -0.3 is 23.0 Å². The lowest BCUT2D eigenvalue weighted by Crippen LogP contribution is -1.97. The Balaban J connectivity index is 1.20. The van der Waals surface area contributed by atoms with Crippen molar-refractivity contribution in [1.82, 2.24) is 19.0 Å². The average molecular weight is 523 g/mol. The Bertz CT molecular complexity index is 1900. The van der Waals surface area contributed by atoms with Gasteiger partial charge in [0, 0.05) is 23.8 Å². The number of fused-ring (bicyclic) bond motifs is 3. The molecule has 5 aromatic heterocycles. The molecule has 0 atom stereocenters. The molecule has 5 heterocycles. The van der Waals surface area contributed by atoms with Crippen LogP contribution in [0.5, 0.6) is 16.7 Å². The van der Waals surface area contributed by atoms with Crippen molar-refractivity contribution in [1.29, 1.82) is 0 Å². The predicted molar refractivity (Wildman–Crippen MR) is 146 cm³/mol. The Morgan fingerprint density at radius 3 is 2.76 bits per heavy atom. The van der Waals surface area contributed by atoms with Crippen molar-refractivity contribution < 1.29 is 18.6 Å². The summed E-state index contributed by atoms with van der Waals surface area (Å²) in [4.78, 5) is 5.36. The molecular formula is C29H22N4O4S. The number of pyridine rings is 1. The number of rotatable bonds is 7. The van der Waals surface area contributed by atoms with Gasteiger partial charge in [0.05, 0.1) is 31.5 Å². The van der Waals surface area contributed by atoms with Crippen molar-refractivity contribution >= 4 is 32.8 Å². The fraction of sp³-hybridized carbons (Fsp3) is 0.103. The van der Waals surface area contributed by atoms with Crippen molar-refractivity contribution in [3.05, 3.63) is 90.8 Å². The maximum atomic E-state index is 6.33. The second kappa shape index (κ2) is 8.97. The van der Waals surface area contributed by atoms with Crippen LogP contribution in [0.4, 0.5) is 0 Å². The van der Waals surface area contributed by atoms with Crippen LogP contribution in [0.3, 0.4) is 0 Å². The number of ether oxygens (including phenoxy) is 3. The van der Waals surface area contributed by atoms with Gasteiger partial charge in [-0.15, -0.1) is 5.10 Å². The first-order chi connectivity index (χ1) is 18.7. The van der Waals surface area contributed by atoms with Gasteiger partial charge in [0.15, 0.2) is 5.76 Å². The van der Waals surface area contributed by atoms with E-state index in [1.165, 1.54) is 11.3 Å². The Morgan fingerprint density at radius 2 is 1.89 bits per heavy atom. The van der Waals surface area contributed by atoms with Gasteiger partial charge in [-0.05, 0) is 58.9 Å². The Hall–Kier alpha value is -4.76. The molecule has 0 saturated carbocycles. The van der Waals surface area contributed by atoms with Gasteiger partial charge in [-0.2, -0.15) is 0 Å². The van der Waals surface area contributed by atoms with Crippen LogP contribution < -0.4 is 14.2 Å². The second-order valence-electron chi connectivity index (χ2n) is 8.78. The van der Waals surface area contributed by atoms with E-state index >= 15 is 0 Å². The highest BCUT2D eigenvalue weighted by molar-refractivity contribution is 7.18. The third-order valence-corrected chi connectivity index (χ3v) is 7.32. The van der Waals surface area contributed by atoms with Crippen molar-refractivity contribution in [2.75, 3.05) is 14.2 Å².